The van der Waals surface area contributed by atoms with E-state index in [4.69, 9.17) is 21.7 Å². The van der Waals surface area contributed by atoms with Crippen molar-refractivity contribution >= 4 is 27.5 Å². The second-order valence-corrected chi connectivity index (χ2v) is 7.47. The van der Waals surface area contributed by atoms with Crippen LogP contribution < -0.4 is 21.2 Å². The molecule has 1 aliphatic heterocycles. The predicted molar refractivity (Wildman–Crippen MR) is 110 cm³/mol. The van der Waals surface area contributed by atoms with Crippen LogP contribution >= 0.6 is 27.5 Å². The second kappa shape index (κ2) is 9.07. The van der Waals surface area contributed by atoms with Crippen LogP contribution in [0.25, 0.3) is 0 Å². The first-order valence-electron chi connectivity index (χ1n) is 8.30. The summed E-state index contributed by atoms with van der Waals surface area (Å²) < 4.78 is 1.08. The number of hydrogen-bond acceptors (Lipinski definition) is 5. The number of dihydropyridines is 1. The normalized spacial score (nSPS) is 14.4. The van der Waals surface area contributed by atoms with E-state index >= 15 is 0 Å². The first kappa shape index (κ1) is 19.5. The number of allylic oxidation sites excluding steroid dienone is 2. The maximum Gasteiger partial charge on any atom is 0.149 e. The number of nitriles is 1. The molecule has 0 amide bonds. The lowest BCUT2D eigenvalue weighted by Gasteiger charge is -2.25. The predicted octanol–water partition coefficient (Wildman–Crippen LogP) is 4.42. The van der Waals surface area contributed by atoms with Gasteiger partial charge in [0.1, 0.15) is 5.75 Å². The van der Waals surface area contributed by atoms with E-state index < -0.39 is 0 Å². The Balaban J connectivity index is 1.73. The summed E-state index contributed by atoms with van der Waals surface area (Å²) in [6, 6.07) is 14.9. The zero-order valence-electron chi connectivity index (χ0n) is 14.6. The maximum absolute atomic E-state index is 9.02. The molecule has 3 N–H and O–H groups in total. The Labute approximate surface area is 171 Å². The fraction of sp³-hybridized carbons (Fsp3) is 0.150. The summed E-state index contributed by atoms with van der Waals surface area (Å²) in [5.41, 5.74) is 9.49. The molecule has 27 heavy (non-hydrogen) atoms. The number of nitrogens with one attached hydrogen (secondary N) is 3. The SMILES string of the molecule is Cc1cc(ONNC(C2=CC=C(Br)CN2)c2ccc(Cl)cc2)ccc1C#N. The summed E-state index contributed by atoms with van der Waals surface area (Å²) in [6.07, 6.45) is 4.02. The third-order valence-electron chi connectivity index (χ3n) is 4.11. The van der Waals surface area contributed by atoms with E-state index in [0.717, 1.165) is 21.3 Å². The van der Waals surface area contributed by atoms with Gasteiger partial charge in [0.25, 0.3) is 0 Å². The number of benzene rings is 2. The van der Waals surface area contributed by atoms with Gasteiger partial charge in [0.15, 0.2) is 0 Å². The van der Waals surface area contributed by atoms with E-state index in [2.05, 4.69) is 38.3 Å². The van der Waals surface area contributed by atoms with Crippen molar-refractivity contribution in [1.82, 2.24) is 16.3 Å². The lowest BCUT2D eigenvalue weighted by molar-refractivity contribution is 0.136. The van der Waals surface area contributed by atoms with Crippen molar-refractivity contribution in [2.24, 2.45) is 0 Å². The van der Waals surface area contributed by atoms with E-state index in [1.54, 1.807) is 12.1 Å². The van der Waals surface area contributed by atoms with Crippen molar-refractivity contribution in [3.05, 3.63) is 86.5 Å². The highest BCUT2D eigenvalue weighted by Crippen LogP contribution is 2.24. The number of nitrogens with zero attached hydrogens (tertiary/aromatic N) is 1. The van der Waals surface area contributed by atoms with Crippen LogP contribution in [0.15, 0.2) is 64.8 Å². The Morgan fingerprint density at radius 3 is 2.63 bits per heavy atom. The average Bonchev–Trinajstić information content (AvgIpc) is 2.67. The Bertz CT molecular complexity index is 919. The van der Waals surface area contributed by atoms with Crippen LogP contribution in [0.5, 0.6) is 5.75 Å². The van der Waals surface area contributed by atoms with Crippen molar-refractivity contribution in [1.29, 1.82) is 5.26 Å². The van der Waals surface area contributed by atoms with Crippen LogP contribution in [0.1, 0.15) is 22.7 Å². The third kappa shape index (κ3) is 5.12. The molecular weight excluding hydrogens is 428 g/mol. The molecule has 0 fully saturated rings. The van der Waals surface area contributed by atoms with Gasteiger partial charge in [0.2, 0.25) is 0 Å². The second-order valence-electron chi connectivity index (χ2n) is 6.01. The number of halogens is 2. The van der Waals surface area contributed by atoms with Gasteiger partial charge in [-0.2, -0.15) is 5.26 Å². The standard InChI is InChI=1S/C20H18BrClN4O/c1-13-10-18(8-4-15(13)11-23)27-26-25-20(14-2-6-17(22)7-3-14)19-9-5-16(21)12-24-19/h2-10,20,24-26H,12H2,1H3. The van der Waals surface area contributed by atoms with Crippen LogP contribution in [0.3, 0.4) is 0 Å². The van der Waals surface area contributed by atoms with Crippen LogP contribution in [0, 0.1) is 18.3 Å². The lowest BCUT2D eigenvalue weighted by Crippen LogP contribution is -2.41. The molecule has 7 heteroatoms. The molecule has 0 saturated carbocycles. The van der Waals surface area contributed by atoms with Gasteiger partial charge in [-0.05, 0) is 60.5 Å². The highest BCUT2D eigenvalue weighted by Gasteiger charge is 2.18. The third-order valence-corrected chi connectivity index (χ3v) is 4.91. The van der Waals surface area contributed by atoms with Gasteiger partial charge in [-0.3, -0.25) is 0 Å². The minimum Gasteiger partial charge on any atom is -0.394 e. The van der Waals surface area contributed by atoms with Gasteiger partial charge >= 0.3 is 0 Å². The highest BCUT2D eigenvalue weighted by atomic mass is 79.9. The molecule has 1 aliphatic rings. The minimum atomic E-state index is -0.168. The Morgan fingerprint density at radius 1 is 1.22 bits per heavy atom. The van der Waals surface area contributed by atoms with Crippen molar-refractivity contribution in [3.8, 4) is 11.8 Å². The van der Waals surface area contributed by atoms with E-state index in [1.807, 2.05) is 49.4 Å². The van der Waals surface area contributed by atoms with Gasteiger partial charge in [-0.25, -0.2) is 5.43 Å². The molecule has 1 atom stereocenters. The summed E-state index contributed by atoms with van der Waals surface area (Å²) in [5.74, 6) is 0.613. The molecule has 0 aromatic heterocycles. The fourth-order valence-corrected chi connectivity index (χ4v) is 3.05. The summed E-state index contributed by atoms with van der Waals surface area (Å²) in [6.45, 7) is 2.59. The van der Waals surface area contributed by atoms with Gasteiger partial charge < -0.3 is 10.2 Å². The monoisotopic (exact) mass is 444 g/mol. The number of rotatable bonds is 6. The largest absolute Gasteiger partial charge is 0.394 e. The number of aryl methyl sites for hydroxylation is 1. The Hall–Kier alpha value is -2.30. The van der Waals surface area contributed by atoms with E-state index in [-0.39, 0.29) is 6.04 Å². The van der Waals surface area contributed by atoms with E-state index in [9.17, 15) is 0 Å². The Kier molecular flexibility index (Phi) is 6.54. The summed E-state index contributed by atoms with van der Waals surface area (Å²) in [4.78, 5) is 5.60. The molecule has 2 aromatic carbocycles. The molecule has 0 radical (unpaired) electrons. The van der Waals surface area contributed by atoms with Crippen molar-refractivity contribution in [3.63, 3.8) is 0 Å². The number of hydrazine groups is 1. The molecule has 1 heterocycles. The molecule has 1 unspecified atom stereocenters. The molecule has 3 rings (SSSR count). The van der Waals surface area contributed by atoms with Gasteiger partial charge in [-0.1, -0.05) is 45.3 Å². The molecule has 0 spiro atoms. The average molecular weight is 446 g/mol. The van der Waals surface area contributed by atoms with Crippen molar-refractivity contribution < 1.29 is 4.84 Å². The topological polar surface area (TPSA) is 69.1 Å². The molecule has 5 nitrogen and oxygen atoms in total. The molecule has 2 aromatic rings. The van der Waals surface area contributed by atoms with Crippen molar-refractivity contribution in [2.75, 3.05) is 6.54 Å². The first-order chi connectivity index (χ1) is 13.1. The van der Waals surface area contributed by atoms with Crippen LogP contribution in [-0.4, -0.2) is 6.54 Å². The smallest absolute Gasteiger partial charge is 0.149 e. The molecule has 0 aliphatic carbocycles. The van der Waals surface area contributed by atoms with Crippen LogP contribution in [0.4, 0.5) is 0 Å². The summed E-state index contributed by atoms with van der Waals surface area (Å²) >= 11 is 9.50. The van der Waals surface area contributed by atoms with E-state index in [1.165, 1.54) is 0 Å². The maximum atomic E-state index is 9.02. The number of hydrogen-bond donors (Lipinski definition) is 3. The van der Waals surface area contributed by atoms with Gasteiger partial charge in [0, 0.05) is 21.7 Å². The van der Waals surface area contributed by atoms with Crippen LogP contribution in [-0.2, 0) is 0 Å². The summed E-state index contributed by atoms with van der Waals surface area (Å²) in [7, 11) is 0. The molecule has 138 valence electrons. The van der Waals surface area contributed by atoms with Gasteiger partial charge in [0.05, 0.1) is 17.7 Å². The highest BCUT2D eigenvalue weighted by molar-refractivity contribution is 9.11. The summed E-state index contributed by atoms with van der Waals surface area (Å²) in [5, 5.41) is 13.1. The molecule has 0 bridgehead atoms. The zero-order chi connectivity index (χ0) is 19.2. The lowest BCUT2D eigenvalue weighted by atomic mass is 10.0. The molecular formula is C20H18BrClN4O. The van der Waals surface area contributed by atoms with E-state index in [0.29, 0.717) is 22.9 Å². The zero-order valence-corrected chi connectivity index (χ0v) is 16.9. The van der Waals surface area contributed by atoms with Crippen molar-refractivity contribution in [2.45, 2.75) is 13.0 Å². The Morgan fingerprint density at radius 2 is 2.00 bits per heavy atom. The van der Waals surface area contributed by atoms with Gasteiger partial charge in [-0.15, -0.1) is 0 Å². The fourth-order valence-electron chi connectivity index (χ4n) is 2.65. The minimum absolute atomic E-state index is 0.168. The van der Waals surface area contributed by atoms with Crippen LogP contribution in [0.2, 0.25) is 5.02 Å². The quantitative estimate of drug-likeness (QED) is 0.575. The molecule has 0 saturated heterocycles. The first-order valence-corrected chi connectivity index (χ1v) is 9.47.